The number of rotatable bonds is 20. The molecule has 2 unspecified atom stereocenters. The van der Waals surface area contributed by atoms with Gasteiger partial charge < -0.3 is 29.2 Å². The number of aromatic nitrogens is 2. The van der Waals surface area contributed by atoms with Gasteiger partial charge in [-0.25, -0.2) is 0 Å². The summed E-state index contributed by atoms with van der Waals surface area (Å²) in [5, 5.41) is 32.3. The number of hydrogen-bond donors (Lipinski definition) is 3. The minimum Gasteiger partial charge on any atom is -0.488 e. The minimum atomic E-state index is -1.60. The number of aliphatic carboxylic acids is 1. The summed E-state index contributed by atoms with van der Waals surface area (Å²) >= 11 is 13.4. The van der Waals surface area contributed by atoms with Crippen LogP contribution in [0.5, 0.6) is 23.0 Å². The number of ether oxygens (including phenoxy) is 4. The van der Waals surface area contributed by atoms with Crippen LogP contribution in [0.2, 0.25) is 10.0 Å². The van der Waals surface area contributed by atoms with Gasteiger partial charge in [0.2, 0.25) is 0 Å². The Morgan fingerprint density at radius 1 is 0.754 bits per heavy atom. The molecule has 0 spiro atoms. The molecule has 0 radical (unpaired) electrons. The lowest BCUT2D eigenvalue weighted by Gasteiger charge is -2.25. The molecule has 15 heteroatoms. The Hall–Kier alpha value is -6.82. The van der Waals surface area contributed by atoms with Crippen molar-refractivity contribution in [2.24, 2.45) is 4.99 Å². The summed E-state index contributed by atoms with van der Waals surface area (Å²) in [6, 6.07) is 24.2. The number of aliphatic hydroxyl groups is 1. The van der Waals surface area contributed by atoms with Gasteiger partial charge in [0.1, 0.15) is 67.1 Å². The van der Waals surface area contributed by atoms with Gasteiger partial charge in [0.05, 0.1) is 27.8 Å². The summed E-state index contributed by atoms with van der Waals surface area (Å²) in [7, 11) is 0. The highest BCUT2D eigenvalue weighted by Crippen LogP contribution is 2.38. The van der Waals surface area contributed by atoms with Crippen LogP contribution in [0.25, 0.3) is 11.1 Å². The van der Waals surface area contributed by atoms with Gasteiger partial charge in [0.25, 0.3) is 0 Å². The van der Waals surface area contributed by atoms with Crippen LogP contribution in [-0.4, -0.2) is 50.3 Å². The molecule has 7 rings (SSSR count). The number of benzene rings is 4. The first-order chi connectivity index (χ1) is 31.3. The number of nitrogens with one attached hydrogen (secondary N) is 1. The number of carboxylic acid groups (broad SMARTS) is 1. The van der Waals surface area contributed by atoms with Crippen molar-refractivity contribution in [1.82, 2.24) is 15.3 Å². The molecule has 3 heterocycles. The van der Waals surface area contributed by atoms with Crippen molar-refractivity contribution >= 4 is 41.2 Å². The molecule has 13 nitrogen and oxygen atoms in total. The Morgan fingerprint density at radius 2 is 1.31 bits per heavy atom. The average Bonchev–Trinajstić information content (AvgIpc) is 4.16. The van der Waals surface area contributed by atoms with Crippen LogP contribution in [0.15, 0.2) is 103 Å². The quantitative estimate of drug-likeness (QED) is 0.0617. The zero-order valence-electron chi connectivity index (χ0n) is 36.0. The maximum atomic E-state index is 12.5. The highest BCUT2D eigenvalue weighted by molar-refractivity contribution is 6.32. The van der Waals surface area contributed by atoms with Crippen LogP contribution in [0.1, 0.15) is 80.3 Å². The summed E-state index contributed by atoms with van der Waals surface area (Å²) in [5.74, 6) is -0.0258. The van der Waals surface area contributed by atoms with E-state index in [0.29, 0.717) is 50.3 Å². The molecule has 65 heavy (non-hydrogen) atoms. The zero-order valence-corrected chi connectivity index (χ0v) is 37.5. The third-order valence-corrected chi connectivity index (χ3v) is 11.7. The SMILES string of the molecule is CC(=O)c1cc(Cl)c(OCc2cccc(-c3cccc(COc4cc(OCc5cncc(C6C=N6)c5)c(CNC(C)(CO)C(=O)O)cc4Cl)c3C)c2C)cc1OCc1cncc(C#N)c1. The van der Waals surface area contributed by atoms with Crippen LogP contribution >= 0.6 is 23.2 Å². The van der Waals surface area contributed by atoms with Gasteiger partial charge in [-0.1, -0.05) is 59.6 Å². The lowest BCUT2D eigenvalue weighted by Crippen LogP contribution is -2.52. The molecule has 0 aliphatic carbocycles. The number of nitrogens with zero attached hydrogens (tertiary/aromatic N) is 4. The fraction of sp³-hybridized carbons (Fsp3) is 0.240. The lowest BCUT2D eigenvalue weighted by atomic mass is 9.92. The minimum absolute atomic E-state index is 0.0268. The zero-order chi connectivity index (χ0) is 46.3. The number of Topliss-reactive ketones (excluding diaryl/α,β-unsaturated/α-hetero) is 1. The topological polar surface area (TPSA) is 185 Å². The number of pyridine rings is 2. The Morgan fingerprint density at radius 3 is 1.88 bits per heavy atom. The van der Waals surface area contributed by atoms with E-state index >= 15 is 0 Å². The number of halogens is 2. The third kappa shape index (κ3) is 11.1. The largest absolute Gasteiger partial charge is 0.488 e. The van der Waals surface area contributed by atoms with E-state index < -0.39 is 18.1 Å². The maximum absolute atomic E-state index is 12.5. The van der Waals surface area contributed by atoms with Crippen molar-refractivity contribution in [3.8, 4) is 40.2 Å². The molecule has 0 saturated carbocycles. The van der Waals surface area contributed by atoms with Crippen LogP contribution in [0.3, 0.4) is 0 Å². The summed E-state index contributed by atoms with van der Waals surface area (Å²) < 4.78 is 25.0. The second kappa shape index (κ2) is 20.3. The van der Waals surface area contributed by atoms with E-state index in [4.69, 9.17) is 42.1 Å². The third-order valence-electron chi connectivity index (χ3n) is 11.1. The van der Waals surface area contributed by atoms with E-state index in [1.807, 2.05) is 62.5 Å². The molecule has 0 bridgehead atoms. The fourth-order valence-corrected chi connectivity index (χ4v) is 7.44. The Labute approximate surface area is 386 Å². The monoisotopic (exact) mass is 913 g/mol. The molecule has 332 valence electrons. The van der Waals surface area contributed by atoms with Crippen LogP contribution < -0.4 is 24.3 Å². The van der Waals surface area contributed by atoms with E-state index in [0.717, 1.165) is 44.5 Å². The summed E-state index contributed by atoms with van der Waals surface area (Å²) in [6.07, 6.45) is 8.36. The van der Waals surface area contributed by atoms with Gasteiger partial charge in [0, 0.05) is 71.9 Å². The average molecular weight is 915 g/mol. The van der Waals surface area contributed by atoms with Crippen molar-refractivity contribution < 1.29 is 38.7 Å². The van der Waals surface area contributed by atoms with Crippen LogP contribution in [0.4, 0.5) is 0 Å². The second-order valence-electron chi connectivity index (χ2n) is 15.8. The van der Waals surface area contributed by atoms with Crippen molar-refractivity contribution in [1.29, 1.82) is 5.26 Å². The van der Waals surface area contributed by atoms with Gasteiger partial charge in [-0.05, 0) is 85.3 Å². The Bertz CT molecular complexity index is 2840. The van der Waals surface area contributed by atoms with Crippen LogP contribution in [0, 0.1) is 25.2 Å². The molecule has 2 aromatic heterocycles. The Balaban J connectivity index is 1.08. The lowest BCUT2D eigenvalue weighted by molar-refractivity contribution is -0.145. The van der Waals surface area contributed by atoms with Crippen molar-refractivity contribution in [3.05, 3.63) is 163 Å². The van der Waals surface area contributed by atoms with Crippen molar-refractivity contribution in [2.75, 3.05) is 6.61 Å². The van der Waals surface area contributed by atoms with E-state index in [1.54, 1.807) is 42.9 Å². The molecule has 6 aromatic rings. The molecule has 0 amide bonds. The van der Waals surface area contributed by atoms with Gasteiger partial charge >= 0.3 is 5.97 Å². The molecule has 4 aromatic carbocycles. The van der Waals surface area contributed by atoms with Crippen molar-refractivity contribution in [3.63, 3.8) is 0 Å². The number of carbonyl (C=O) groups is 2. The normalized spacial score (nSPS) is 13.7. The second-order valence-corrected chi connectivity index (χ2v) is 16.6. The molecule has 2 atom stereocenters. The fourth-order valence-electron chi connectivity index (χ4n) is 6.98. The smallest absolute Gasteiger partial charge is 0.326 e. The number of aliphatic hydroxyl groups excluding tert-OH is 1. The van der Waals surface area contributed by atoms with Gasteiger partial charge in [-0.2, -0.15) is 5.26 Å². The van der Waals surface area contributed by atoms with Gasteiger partial charge in [-0.15, -0.1) is 0 Å². The molecule has 1 aliphatic heterocycles. The van der Waals surface area contributed by atoms with Gasteiger partial charge in [0.15, 0.2) is 5.78 Å². The van der Waals surface area contributed by atoms with Crippen molar-refractivity contribution in [2.45, 2.75) is 72.2 Å². The number of nitriles is 1. The van der Waals surface area contributed by atoms with E-state index in [1.165, 1.54) is 26.1 Å². The predicted octanol–water partition coefficient (Wildman–Crippen LogP) is 9.51. The highest BCUT2D eigenvalue weighted by atomic mass is 35.5. The summed E-state index contributed by atoms with van der Waals surface area (Å²) in [4.78, 5) is 37.1. The highest BCUT2D eigenvalue weighted by Gasteiger charge is 2.32. The molecule has 3 N–H and O–H groups in total. The number of carboxylic acids is 1. The first-order valence-electron chi connectivity index (χ1n) is 20.5. The molecular weight excluding hydrogens is 869 g/mol. The van der Waals surface area contributed by atoms with E-state index in [2.05, 4.69) is 26.3 Å². The first kappa shape index (κ1) is 46.2. The van der Waals surface area contributed by atoms with Crippen LogP contribution in [-0.2, 0) is 37.8 Å². The Kier molecular flexibility index (Phi) is 14.5. The number of carbonyl (C=O) groups excluding carboxylic acids is 1. The molecule has 0 fully saturated rings. The molecule has 0 saturated heterocycles. The van der Waals surface area contributed by atoms with E-state index in [-0.39, 0.29) is 49.8 Å². The maximum Gasteiger partial charge on any atom is 0.326 e. The number of aliphatic imine (C=N–C) groups is 1. The number of hydrogen-bond acceptors (Lipinski definition) is 12. The predicted molar refractivity (Wildman–Crippen MR) is 246 cm³/mol. The number of ketones is 1. The van der Waals surface area contributed by atoms with Gasteiger partial charge in [-0.3, -0.25) is 29.9 Å². The van der Waals surface area contributed by atoms with E-state index in [9.17, 15) is 25.1 Å². The standard InChI is InChI=1S/C50H45Cl2N5O8/c1-29-35(26-64-47-15-45(62-25-34-12-37(21-55-20-34)44-23-56-44)38(13-42(47)51)22-57-50(4,28-58)49(60)61)7-5-9-39(29)40-10-6-8-36(30(40)2)27-65-48-16-46(41(31(3)59)14-43(48)52)63-24-33-11-32(17-53)18-54-19-33/h5-16,18-21,23,44,57-58H,22,24-28H2,1-4H3,(H,60,61). The summed E-state index contributed by atoms with van der Waals surface area (Å²) in [5.41, 5.74) is 7.91. The first-order valence-corrected chi connectivity index (χ1v) is 21.3. The summed E-state index contributed by atoms with van der Waals surface area (Å²) in [6.45, 7) is 6.87. The molecular formula is C50H45Cl2N5O8. The molecule has 1 aliphatic rings.